The molecule has 2 rings (SSSR count). The van der Waals surface area contributed by atoms with Crippen molar-refractivity contribution in [2.45, 2.75) is 20.8 Å². The number of allylic oxidation sites excluding steroid dienone is 1. The molecule has 0 spiro atoms. The van der Waals surface area contributed by atoms with Crippen LogP contribution in [-0.4, -0.2) is 37.1 Å². The molecule has 1 heterocycles. The summed E-state index contributed by atoms with van der Waals surface area (Å²) < 4.78 is 0. The maximum absolute atomic E-state index is 12.2. The van der Waals surface area contributed by atoms with Crippen LogP contribution in [0.25, 0.3) is 0 Å². The zero-order valence-electron chi connectivity index (χ0n) is 13.5. The van der Waals surface area contributed by atoms with E-state index in [1.807, 2.05) is 36.2 Å². The number of nitrogens with zero attached hydrogens (tertiary/aromatic N) is 2. The van der Waals surface area contributed by atoms with Crippen molar-refractivity contribution < 1.29 is 4.79 Å². The minimum Gasteiger partial charge on any atom is -0.368 e. The van der Waals surface area contributed by atoms with Crippen LogP contribution in [0.3, 0.4) is 0 Å². The molecule has 1 N–H and O–H groups in total. The van der Waals surface area contributed by atoms with Crippen LogP contribution in [0.5, 0.6) is 0 Å². The first-order chi connectivity index (χ1) is 10.5. The molecule has 0 saturated carbocycles. The zero-order valence-corrected chi connectivity index (χ0v) is 14.2. The largest absolute Gasteiger partial charge is 0.368 e. The zero-order chi connectivity index (χ0) is 16.1. The summed E-state index contributed by atoms with van der Waals surface area (Å²) in [5, 5.41) is 3.63. The van der Waals surface area contributed by atoms with E-state index in [1.54, 1.807) is 0 Å². The normalized spacial score (nSPS) is 16.1. The number of benzene rings is 1. The number of carbonyl (C=O) groups excluding carboxylic acids is 1. The van der Waals surface area contributed by atoms with E-state index in [1.165, 1.54) is 5.57 Å². The number of urea groups is 1. The molecular weight excluding hydrogens is 298 g/mol. The van der Waals surface area contributed by atoms with E-state index in [-0.39, 0.29) is 6.03 Å². The van der Waals surface area contributed by atoms with Gasteiger partial charge in [-0.2, -0.15) is 0 Å². The van der Waals surface area contributed by atoms with Gasteiger partial charge in [0.1, 0.15) is 0 Å². The van der Waals surface area contributed by atoms with Gasteiger partial charge in [-0.25, -0.2) is 4.79 Å². The Morgan fingerprint density at radius 1 is 1.27 bits per heavy atom. The van der Waals surface area contributed by atoms with Crippen molar-refractivity contribution in [3.8, 4) is 0 Å². The van der Waals surface area contributed by atoms with Gasteiger partial charge in [0, 0.05) is 43.1 Å². The van der Waals surface area contributed by atoms with E-state index in [2.05, 4.69) is 30.1 Å². The molecule has 4 nitrogen and oxygen atoms in total. The summed E-state index contributed by atoms with van der Waals surface area (Å²) >= 11 is 6.03. The van der Waals surface area contributed by atoms with Gasteiger partial charge < -0.3 is 15.1 Å². The van der Waals surface area contributed by atoms with Crippen LogP contribution in [0.1, 0.15) is 20.8 Å². The highest BCUT2D eigenvalue weighted by molar-refractivity contribution is 6.30. The molecule has 0 aromatic heterocycles. The molecule has 22 heavy (non-hydrogen) atoms. The van der Waals surface area contributed by atoms with Crippen molar-refractivity contribution in [3.05, 3.63) is 41.1 Å². The smallest absolute Gasteiger partial charge is 0.321 e. The highest BCUT2D eigenvalue weighted by atomic mass is 35.5. The van der Waals surface area contributed by atoms with Crippen molar-refractivity contribution in [3.63, 3.8) is 0 Å². The summed E-state index contributed by atoms with van der Waals surface area (Å²) in [5.41, 5.74) is 2.29. The third-order valence-corrected chi connectivity index (χ3v) is 4.31. The molecule has 2 amide bonds. The predicted octanol–water partition coefficient (Wildman–Crippen LogP) is 3.73. The highest BCUT2D eigenvalue weighted by Crippen LogP contribution is 2.20. The summed E-state index contributed by atoms with van der Waals surface area (Å²) in [6, 6.07) is 7.82. The lowest BCUT2D eigenvalue weighted by Gasteiger charge is -2.36. The van der Waals surface area contributed by atoms with Crippen LogP contribution < -0.4 is 10.2 Å². The number of carbonyl (C=O) groups is 1. The first kappa shape index (κ1) is 16.7. The van der Waals surface area contributed by atoms with Crippen LogP contribution in [0.2, 0.25) is 5.02 Å². The van der Waals surface area contributed by atoms with Crippen molar-refractivity contribution in [1.82, 2.24) is 10.2 Å². The third kappa shape index (κ3) is 4.41. The Hall–Kier alpha value is -1.68. The second-order valence-electron chi connectivity index (χ2n) is 5.95. The lowest BCUT2D eigenvalue weighted by molar-refractivity contribution is 0.198. The molecule has 5 heteroatoms. The van der Waals surface area contributed by atoms with Crippen molar-refractivity contribution in [1.29, 1.82) is 0 Å². The fraction of sp³-hybridized carbons (Fsp3) is 0.471. The Labute approximate surface area is 137 Å². The fourth-order valence-electron chi connectivity index (χ4n) is 2.27. The van der Waals surface area contributed by atoms with E-state index in [9.17, 15) is 4.79 Å². The summed E-state index contributed by atoms with van der Waals surface area (Å²) in [7, 11) is 0. The summed E-state index contributed by atoms with van der Waals surface area (Å²) in [6.45, 7) is 9.33. The molecule has 1 aromatic rings. The van der Waals surface area contributed by atoms with Gasteiger partial charge in [0.2, 0.25) is 0 Å². The number of amides is 2. The number of hydrogen-bond donors (Lipinski definition) is 1. The van der Waals surface area contributed by atoms with Crippen LogP contribution in [0, 0.1) is 5.92 Å². The van der Waals surface area contributed by atoms with E-state index in [0.717, 1.165) is 23.8 Å². The minimum absolute atomic E-state index is 0.0225. The van der Waals surface area contributed by atoms with Gasteiger partial charge >= 0.3 is 6.03 Å². The third-order valence-electron chi connectivity index (χ3n) is 4.07. The van der Waals surface area contributed by atoms with Gasteiger partial charge in [0.05, 0.1) is 0 Å². The SMILES string of the molecule is C/C(=C\NC(=O)N1CCN(c2cccc(Cl)c2)CC1)C(C)C. The molecule has 1 aromatic carbocycles. The van der Waals surface area contributed by atoms with Crippen LogP contribution in [0.15, 0.2) is 36.0 Å². The topological polar surface area (TPSA) is 35.6 Å². The van der Waals surface area contributed by atoms with Crippen molar-refractivity contribution in [2.75, 3.05) is 31.1 Å². The highest BCUT2D eigenvalue weighted by Gasteiger charge is 2.20. The second kappa shape index (κ2) is 7.54. The fourth-order valence-corrected chi connectivity index (χ4v) is 2.46. The molecule has 0 bridgehead atoms. The van der Waals surface area contributed by atoms with Crippen LogP contribution in [-0.2, 0) is 0 Å². The van der Waals surface area contributed by atoms with E-state index in [0.29, 0.717) is 19.0 Å². The summed E-state index contributed by atoms with van der Waals surface area (Å²) in [4.78, 5) is 16.3. The van der Waals surface area contributed by atoms with Gasteiger partial charge in [0.15, 0.2) is 0 Å². The first-order valence-electron chi connectivity index (χ1n) is 7.70. The molecule has 1 aliphatic rings. The summed E-state index contributed by atoms with van der Waals surface area (Å²) in [5.74, 6) is 0.444. The number of halogens is 1. The van der Waals surface area contributed by atoms with Gasteiger partial charge in [-0.3, -0.25) is 0 Å². The van der Waals surface area contributed by atoms with E-state index >= 15 is 0 Å². The van der Waals surface area contributed by atoms with Gasteiger partial charge in [-0.15, -0.1) is 0 Å². The average Bonchev–Trinajstić information content (AvgIpc) is 2.52. The number of anilines is 1. The molecule has 1 aliphatic heterocycles. The lowest BCUT2D eigenvalue weighted by atomic mass is 10.1. The van der Waals surface area contributed by atoms with Crippen LogP contribution >= 0.6 is 11.6 Å². The Bertz CT molecular complexity index is 549. The lowest BCUT2D eigenvalue weighted by Crippen LogP contribution is -2.51. The molecule has 0 unspecified atom stereocenters. The second-order valence-corrected chi connectivity index (χ2v) is 6.38. The Morgan fingerprint density at radius 2 is 1.95 bits per heavy atom. The molecule has 0 atom stereocenters. The quantitative estimate of drug-likeness (QED) is 0.920. The Balaban J connectivity index is 1.87. The number of hydrogen-bond acceptors (Lipinski definition) is 2. The monoisotopic (exact) mass is 321 g/mol. The molecular formula is C17H24ClN3O. The number of piperazine rings is 1. The molecule has 1 saturated heterocycles. The van der Waals surface area contributed by atoms with Gasteiger partial charge in [0.25, 0.3) is 0 Å². The van der Waals surface area contributed by atoms with Crippen molar-refractivity contribution in [2.24, 2.45) is 5.92 Å². The molecule has 1 fully saturated rings. The van der Waals surface area contributed by atoms with E-state index < -0.39 is 0 Å². The van der Waals surface area contributed by atoms with Gasteiger partial charge in [-0.1, -0.05) is 37.1 Å². The molecule has 0 radical (unpaired) electrons. The van der Waals surface area contributed by atoms with Crippen LogP contribution in [0.4, 0.5) is 10.5 Å². The standard InChI is InChI=1S/C17H24ClN3O/c1-13(2)14(3)12-19-17(22)21-9-7-20(8-10-21)16-6-4-5-15(18)11-16/h4-6,11-13H,7-10H2,1-3H3,(H,19,22)/b14-12+. The average molecular weight is 322 g/mol. The number of nitrogens with one attached hydrogen (secondary N) is 1. The predicted molar refractivity (Wildman–Crippen MR) is 92.4 cm³/mol. The maximum Gasteiger partial charge on any atom is 0.321 e. The molecule has 0 aliphatic carbocycles. The Kier molecular flexibility index (Phi) is 5.72. The van der Waals surface area contributed by atoms with Gasteiger partial charge in [-0.05, 0) is 31.0 Å². The maximum atomic E-state index is 12.2. The minimum atomic E-state index is -0.0225. The van der Waals surface area contributed by atoms with E-state index in [4.69, 9.17) is 11.6 Å². The Morgan fingerprint density at radius 3 is 2.55 bits per heavy atom. The molecule has 120 valence electrons. The number of rotatable bonds is 3. The van der Waals surface area contributed by atoms with Crippen molar-refractivity contribution >= 4 is 23.3 Å². The first-order valence-corrected chi connectivity index (χ1v) is 8.08. The summed E-state index contributed by atoms with van der Waals surface area (Å²) in [6.07, 6.45) is 1.82.